The summed E-state index contributed by atoms with van der Waals surface area (Å²) in [4.78, 5) is 20.3. The molecular formula is C12H19N3O. The van der Waals surface area contributed by atoms with Gasteiger partial charge >= 0.3 is 0 Å². The van der Waals surface area contributed by atoms with Crippen LogP contribution in [0, 0.1) is 5.92 Å². The van der Waals surface area contributed by atoms with Gasteiger partial charge in [-0.3, -0.25) is 4.79 Å². The first-order valence-corrected chi connectivity index (χ1v) is 5.85. The van der Waals surface area contributed by atoms with Gasteiger partial charge in [0, 0.05) is 38.3 Å². The van der Waals surface area contributed by atoms with Gasteiger partial charge in [0.25, 0.3) is 0 Å². The minimum absolute atomic E-state index is 0.0344. The summed E-state index contributed by atoms with van der Waals surface area (Å²) >= 11 is 0. The Bertz CT molecular complexity index is 327. The standard InChI is InChI=1S/C12H19N3O/c1-10(16)11-3-4-13-12(9-11)15-7-5-14(2)6-8-15/h4,9,11H,3,5-8H2,1-2H3. The van der Waals surface area contributed by atoms with Gasteiger partial charge in [0.15, 0.2) is 0 Å². The molecule has 0 aliphatic carbocycles. The number of aliphatic imine (C=N–C) groups is 1. The Morgan fingerprint density at radius 2 is 2.06 bits per heavy atom. The molecule has 1 atom stereocenters. The van der Waals surface area contributed by atoms with E-state index in [0.717, 1.165) is 38.4 Å². The summed E-state index contributed by atoms with van der Waals surface area (Å²) in [5.41, 5.74) is 0. The molecule has 2 aliphatic heterocycles. The number of Topliss-reactive ketones (excluding diaryl/α,β-unsaturated/α-hetero) is 1. The van der Waals surface area contributed by atoms with Gasteiger partial charge in [0.05, 0.1) is 0 Å². The summed E-state index contributed by atoms with van der Waals surface area (Å²) in [7, 11) is 2.13. The first-order valence-electron chi connectivity index (χ1n) is 5.85. The molecule has 1 fully saturated rings. The predicted molar refractivity (Wildman–Crippen MR) is 64.4 cm³/mol. The number of nitrogens with zero attached hydrogens (tertiary/aromatic N) is 3. The van der Waals surface area contributed by atoms with Crippen LogP contribution < -0.4 is 0 Å². The van der Waals surface area contributed by atoms with Crippen molar-refractivity contribution in [3.05, 3.63) is 11.9 Å². The molecule has 88 valence electrons. The number of hydrogen-bond donors (Lipinski definition) is 0. The van der Waals surface area contributed by atoms with Crippen molar-refractivity contribution in [3.8, 4) is 0 Å². The van der Waals surface area contributed by atoms with Crippen LogP contribution in [-0.2, 0) is 4.79 Å². The molecule has 0 bridgehead atoms. The SMILES string of the molecule is CC(=O)C1C=C(N2CCN(C)CC2)N=CC1. The maximum absolute atomic E-state index is 11.3. The number of rotatable bonds is 2. The summed E-state index contributed by atoms with van der Waals surface area (Å²) in [5.74, 6) is 1.25. The second-order valence-electron chi connectivity index (χ2n) is 4.58. The van der Waals surface area contributed by atoms with Gasteiger partial charge in [0.2, 0.25) is 0 Å². The first-order chi connectivity index (χ1) is 7.66. The molecule has 1 saturated heterocycles. The Balaban J connectivity index is 2.03. The Labute approximate surface area is 96.6 Å². The van der Waals surface area contributed by atoms with E-state index in [0.29, 0.717) is 0 Å². The lowest BCUT2D eigenvalue weighted by Crippen LogP contribution is -2.44. The number of piperazine rings is 1. The van der Waals surface area contributed by atoms with E-state index in [4.69, 9.17) is 0 Å². The van der Waals surface area contributed by atoms with E-state index in [-0.39, 0.29) is 11.7 Å². The van der Waals surface area contributed by atoms with Crippen molar-refractivity contribution >= 4 is 12.0 Å². The zero-order valence-corrected chi connectivity index (χ0v) is 10.0. The van der Waals surface area contributed by atoms with E-state index in [2.05, 4.69) is 21.8 Å². The summed E-state index contributed by atoms with van der Waals surface area (Å²) < 4.78 is 0. The lowest BCUT2D eigenvalue weighted by atomic mass is 9.99. The van der Waals surface area contributed by atoms with E-state index < -0.39 is 0 Å². The van der Waals surface area contributed by atoms with Gasteiger partial charge in [-0.2, -0.15) is 0 Å². The summed E-state index contributed by atoms with van der Waals surface area (Å²) in [6, 6.07) is 0. The molecular weight excluding hydrogens is 202 g/mol. The molecule has 0 spiro atoms. The Morgan fingerprint density at radius 3 is 2.69 bits per heavy atom. The zero-order chi connectivity index (χ0) is 11.5. The summed E-state index contributed by atoms with van der Waals surface area (Å²) in [5, 5.41) is 0. The molecule has 0 saturated carbocycles. The van der Waals surface area contributed by atoms with Crippen LogP contribution in [0.15, 0.2) is 16.9 Å². The highest BCUT2D eigenvalue weighted by molar-refractivity contribution is 5.84. The number of allylic oxidation sites excluding steroid dienone is 1. The normalized spacial score (nSPS) is 26.8. The fraction of sp³-hybridized carbons (Fsp3) is 0.667. The van der Waals surface area contributed by atoms with Crippen LogP contribution >= 0.6 is 0 Å². The maximum Gasteiger partial charge on any atom is 0.137 e. The average molecular weight is 221 g/mol. The number of hydrogen-bond acceptors (Lipinski definition) is 4. The van der Waals surface area contributed by atoms with E-state index in [1.54, 1.807) is 6.92 Å². The van der Waals surface area contributed by atoms with Crippen LogP contribution in [0.4, 0.5) is 0 Å². The third-order valence-electron chi connectivity index (χ3n) is 3.28. The maximum atomic E-state index is 11.3. The van der Waals surface area contributed by atoms with Crippen LogP contribution in [0.1, 0.15) is 13.3 Å². The van der Waals surface area contributed by atoms with E-state index >= 15 is 0 Å². The molecule has 2 rings (SSSR count). The lowest BCUT2D eigenvalue weighted by molar-refractivity contribution is -0.119. The molecule has 0 N–H and O–H groups in total. The van der Waals surface area contributed by atoms with Crippen LogP contribution in [0.5, 0.6) is 0 Å². The number of ketones is 1. The average Bonchev–Trinajstić information content (AvgIpc) is 2.30. The van der Waals surface area contributed by atoms with Crippen molar-refractivity contribution in [3.63, 3.8) is 0 Å². The second-order valence-corrected chi connectivity index (χ2v) is 4.58. The second kappa shape index (κ2) is 4.78. The van der Waals surface area contributed by atoms with Gasteiger partial charge in [-0.1, -0.05) is 0 Å². The van der Waals surface area contributed by atoms with E-state index in [9.17, 15) is 4.79 Å². The third-order valence-corrected chi connectivity index (χ3v) is 3.28. The summed E-state index contributed by atoms with van der Waals surface area (Å²) in [6.45, 7) is 5.80. The van der Waals surface area contributed by atoms with Gasteiger partial charge in [-0.05, 0) is 26.5 Å². The lowest BCUT2D eigenvalue weighted by Gasteiger charge is -2.35. The van der Waals surface area contributed by atoms with Crippen molar-refractivity contribution in [2.75, 3.05) is 33.2 Å². The molecule has 0 amide bonds. The predicted octanol–water partition coefficient (Wildman–Crippen LogP) is 0.755. The number of carbonyl (C=O) groups is 1. The smallest absolute Gasteiger partial charge is 0.137 e. The third kappa shape index (κ3) is 2.50. The molecule has 4 nitrogen and oxygen atoms in total. The van der Waals surface area contributed by atoms with Crippen molar-refractivity contribution in [1.29, 1.82) is 0 Å². The molecule has 0 aromatic rings. The van der Waals surface area contributed by atoms with Crippen LogP contribution in [-0.4, -0.2) is 55.0 Å². The van der Waals surface area contributed by atoms with Crippen molar-refractivity contribution in [2.45, 2.75) is 13.3 Å². The molecule has 2 heterocycles. The monoisotopic (exact) mass is 221 g/mol. The molecule has 0 aromatic heterocycles. The van der Waals surface area contributed by atoms with Gasteiger partial charge in [-0.25, -0.2) is 4.99 Å². The van der Waals surface area contributed by atoms with E-state index in [1.165, 1.54) is 0 Å². The summed E-state index contributed by atoms with van der Waals surface area (Å²) in [6.07, 6.45) is 4.65. The van der Waals surface area contributed by atoms with E-state index in [1.807, 2.05) is 12.3 Å². The molecule has 0 radical (unpaired) electrons. The Kier molecular flexibility index (Phi) is 3.39. The molecule has 0 aromatic carbocycles. The highest BCUT2D eigenvalue weighted by Crippen LogP contribution is 2.19. The van der Waals surface area contributed by atoms with Crippen molar-refractivity contribution in [1.82, 2.24) is 9.80 Å². The minimum atomic E-state index is 0.0344. The highest BCUT2D eigenvalue weighted by atomic mass is 16.1. The zero-order valence-electron chi connectivity index (χ0n) is 10.0. The quantitative estimate of drug-likeness (QED) is 0.690. The fourth-order valence-corrected chi connectivity index (χ4v) is 2.06. The topological polar surface area (TPSA) is 35.9 Å². The Morgan fingerprint density at radius 1 is 1.38 bits per heavy atom. The number of carbonyl (C=O) groups excluding carboxylic acids is 1. The minimum Gasteiger partial charge on any atom is -0.354 e. The van der Waals surface area contributed by atoms with Gasteiger partial charge in [0.1, 0.15) is 11.6 Å². The van der Waals surface area contributed by atoms with Crippen molar-refractivity contribution in [2.24, 2.45) is 10.9 Å². The van der Waals surface area contributed by atoms with Gasteiger partial charge in [-0.15, -0.1) is 0 Å². The molecule has 16 heavy (non-hydrogen) atoms. The molecule has 2 aliphatic rings. The Hall–Kier alpha value is -1.16. The molecule has 4 heteroatoms. The largest absolute Gasteiger partial charge is 0.354 e. The van der Waals surface area contributed by atoms with Crippen LogP contribution in [0.3, 0.4) is 0 Å². The fourth-order valence-electron chi connectivity index (χ4n) is 2.06. The van der Waals surface area contributed by atoms with Crippen LogP contribution in [0.2, 0.25) is 0 Å². The number of likely N-dealkylation sites (N-methyl/N-ethyl adjacent to an activating group) is 1. The van der Waals surface area contributed by atoms with Crippen LogP contribution in [0.25, 0.3) is 0 Å². The highest BCUT2D eigenvalue weighted by Gasteiger charge is 2.20. The van der Waals surface area contributed by atoms with Crippen molar-refractivity contribution < 1.29 is 4.79 Å². The van der Waals surface area contributed by atoms with Gasteiger partial charge < -0.3 is 9.80 Å². The molecule has 1 unspecified atom stereocenters. The first kappa shape index (κ1) is 11.3.